The van der Waals surface area contributed by atoms with Crippen molar-refractivity contribution >= 4 is 30.5 Å². The van der Waals surface area contributed by atoms with E-state index in [2.05, 4.69) is 27.8 Å². The SMILES string of the molecule is N=CC1=C(Nc2ccc(F)cc2)C=C(CCNS)C(Cc2cc(F)c(F)c(F)c2)(C(=O)c2ccccn2)C1. The van der Waals surface area contributed by atoms with E-state index in [4.69, 9.17) is 5.41 Å². The van der Waals surface area contributed by atoms with Gasteiger partial charge in [-0.2, -0.15) is 0 Å². The average Bonchev–Trinajstić information content (AvgIpc) is 2.92. The molecule has 10 heteroatoms. The lowest BCUT2D eigenvalue weighted by atomic mass is 9.63. The second kappa shape index (κ2) is 11.7. The van der Waals surface area contributed by atoms with Gasteiger partial charge >= 0.3 is 0 Å². The Morgan fingerprint density at radius 2 is 1.79 bits per heavy atom. The molecule has 1 aliphatic rings. The minimum Gasteiger partial charge on any atom is -0.355 e. The van der Waals surface area contributed by atoms with Crippen molar-refractivity contribution in [2.24, 2.45) is 5.41 Å². The molecule has 3 aromatic rings. The summed E-state index contributed by atoms with van der Waals surface area (Å²) < 4.78 is 58.3. The highest BCUT2D eigenvalue weighted by Crippen LogP contribution is 2.46. The summed E-state index contributed by atoms with van der Waals surface area (Å²) in [7, 11) is 0. The molecule has 0 bridgehead atoms. The van der Waals surface area contributed by atoms with Crippen molar-refractivity contribution in [2.45, 2.75) is 19.3 Å². The molecule has 3 N–H and O–H groups in total. The van der Waals surface area contributed by atoms with Crippen molar-refractivity contribution in [3.63, 3.8) is 0 Å². The first-order valence-electron chi connectivity index (χ1n) is 11.7. The summed E-state index contributed by atoms with van der Waals surface area (Å²) in [5.41, 5.74) is 0.932. The Balaban J connectivity index is 1.87. The topological polar surface area (TPSA) is 77.9 Å². The zero-order chi connectivity index (χ0) is 27.3. The van der Waals surface area contributed by atoms with Gasteiger partial charge in [0.15, 0.2) is 23.2 Å². The highest BCUT2D eigenvalue weighted by atomic mass is 32.1. The molecule has 2 aromatic carbocycles. The Kier molecular flexibility index (Phi) is 8.43. The fraction of sp³-hybridized carbons (Fsp3) is 0.179. The number of pyridine rings is 1. The number of thiol groups is 1. The average molecular weight is 541 g/mol. The fourth-order valence-corrected chi connectivity index (χ4v) is 4.77. The van der Waals surface area contributed by atoms with Crippen LogP contribution in [0.5, 0.6) is 0 Å². The Morgan fingerprint density at radius 1 is 1.08 bits per heavy atom. The minimum atomic E-state index is -1.59. The number of ketones is 1. The van der Waals surface area contributed by atoms with Crippen molar-refractivity contribution in [2.75, 3.05) is 11.9 Å². The van der Waals surface area contributed by atoms with Gasteiger partial charge in [-0.1, -0.05) is 24.5 Å². The zero-order valence-electron chi connectivity index (χ0n) is 20.1. The largest absolute Gasteiger partial charge is 0.355 e. The van der Waals surface area contributed by atoms with Crippen LogP contribution in [-0.4, -0.2) is 23.5 Å². The number of hydrogen-bond donors (Lipinski definition) is 4. The number of hydrogen-bond acceptors (Lipinski definition) is 6. The van der Waals surface area contributed by atoms with Gasteiger partial charge in [-0.25, -0.2) is 17.6 Å². The summed E-state index contributed by atoms with van der Waals surface area (Å²) >= 11 is 4.07. The van der Waals surface area contributed by atoms with E-state index in [1.165, 1.54) is 30.5 Å². The standard InChI is InChI=1S/C28H24F4N4OS/c29-20-4-6-21(7-5-20)36-25-13-19(8-10-35-38)28(15-18(25)16-33,27(37)24-3-1-2-9-34-24)14-17-11-22(30)26(32)23(31)12-17/h1-7,9,11-13,16,33,35-36,38H,8,10,14-15H2. The van der Waals surface area contributed by atoms with Crippen molar-refractivity contribution in [1.82, 2.24) is 9.71 Å². The molecule has 0 fully saturated rings. The van der Waals surface area contributed by atoms with Crippen LogP contribution in [0.3, 0.4) is 0 Å². The molecule has 0 radical (unpaired) electrons. The summed E-state index contributed by atoms with van der Waals surface area (Å²) in [6.07, 6.45) is 4.42. The number of carbonyl (C=O) groups is 1. The molecule has 0 saturated heterocycles. The number of nitrogens with one attached hydrogen (secondary N) is 3. The maximum absolute atomic E-state index is 14.2. The lowest BCUT2D eigenvalue weighted by molar-refractivity contribution is 0.0826. The van der Waals surface area contributed by atoms with Crippen LogP contribution in [0.2, 0.25) is 0 Å². The third kappa shape index (κ3) is 5.71. The number of rotatable bonds is 10. The molecule has 1 heterocycles. The summed E-state index contributed by atoms with van der Waals surface area (Å²) in [5.74, 6) is -5.13. The number of Topliss-reactive ketones (excluding diaryl/α,β-unsaturated/α-hetero) is 1. The smallest absolute Gasteiger partial charge is 0.194 e. The predicted molar refractivity (Wildman–Crippen MR) is 141 cm³/mol. The number of nitrogens with zero attached hydrogens (tertiary/aromatic N) is 1. The van der Waals surface area contributed by atoms with Gasteiger partial charge in [-0.3, -0.25) is 14.5 Å². The van der Waals surface area contributed by atoms with Crippen molar-refractivity contribution < 1.29 is 22.4 Å². The third-order valence-corrected chi connectivity index (χ3v) is 6.68. The molecule has 38 heavy (non-hydrogen) atoms. The number of benzene rings is 2. The minimum absolute atomic E-state index is 0.00550. The van der Waals surface area contributed by atoms with E-state index < -0.39 is 34.5 Å². The second-order valence-electron chi connectivity index (χ2n) is 8.90. The van der Waals surface area contributed by atoms with Crippen molar-refractivity contribution in [3.05, 3.63) is 118 Å². The Morgan fingerprint density at radius 3 is 2.39 bits per heavy atom. The van der Waals surface area contributed by atoms with Crippen LogP contribution < -0.4 is 10.0 Å². The highest BCUT2D eigenvalue weighted by Gasteiger charge is 2.45. The molecular weight excluding hydrogens is 516 g/mol. The maximum atomic E-state index is 14.2. The molecule has 1 atom stereocenters. The van der Waals surface area contributed by atoms with Crippen LogP contribution in [0.15, 0.2) is 83.7 Å². The van der Waals surface area contributed by atoms with E-state index >= 15 is 0 Å². The van der Waals surface area contributed by atoms with Gasteiger partial charge in [0.05, 0.1) is 5.41 Å². The van der Waals surface area contributed by atoms with E-state index in [9.17, 15) is 22.4 Å². The Labute approximate surface area is 222 Å². The van der Waals surface area contributed by atoms with Crippen molar-refractivity contribution in [1.29, 1.82) is 5.41 Å². The quantitative estimate of drug-likeness (QED) is 0.0810. The summed E-state index contributed by atoms with van der Waals surface area (Å²) in [5, 5.41) is 11.3. The lowest BCUT2D eigenvalue weighted by Crippen LogP contribution is -2.40. The van der Waals surface area contributed by atoms with Gasteiger partial charge in [0, 0.05) is 30.3 Å². The molecule has 0 saturated carbocycles. The molecule has 4 rings (SSSR count). The molecule has 196 valence electrons. The van der Waals surface area contributed by atoms with Crippen LogP contribution in [-0.2, 0) is 6.42 Å². The molecule has 1 aliphatic carbocycles. The van der Waals surface area contributed by atoms with Crippen LogP contribution in [0.1, 0.15) is 28.9 Å². The number of allylic oxidation sites excluding steroid dienone is 2. The van der Waals surface area contributed by atoms with Gasteiger partial charge < -0.3 is 10.7 Å². The van der Waals surface area contributed by atoms with Crippen LogP contribution in [0, 0.1) is 34.1 Å². The first kappa shape index (κ1) is 27.3. The van der Waals surface area contributed by atoms with E-state index in [0.717, 1.165) is 18.3 Å². The summed E-state index contributed by atoms with van der Waals surface area (Å²) in [4.78, 5) is 18.3. The zero-order valence-corrected chi connectivity index (χ0v) is 21.0. The Bertz CT molecular complexity index is 1390. The predicted octanol–water partition coefficient (Wildman–Crippen LogP) is 6.22. The molecular formula is C28H24F4N4OS. The second-order valence-corrected chi connectivity index (χ2v) is 9.21. The van der Waals surface area contributed by atoms with E-state index in [1.54, 1.807) is 24.3 Å². The van der Waals surface area contributed by atoms with Gasteiger partial charge in [0.1, 0.15) is 11.5 Å². The number of halogens is 4. The van der Waals surface area contributed by atoms with Crippen LogP contribution in [0.4, 0.5) is 23.2 Å². The number of carbonyl (C=O) groups excluding carboxylic acids is 1. The van der Waals surface area contributed by atoms with Crippen LogP contribution in [0.25, 0.3) is 0 Å². The number of aromatic nitrogens is 1. The van der Waals surface area contributed by atoms with Crippen LogP contribution >= 0.6 is 12.8 Å². The van der Waals surface area contributed by atoms with E-state index in [0.29, 0.717) is 35.5 Å². The highest BCUT2D eigenvalue weighted by molar-refractivity contribution is 7.78. The first-order valence-corrected chi connectivity index (χ1v) is 12.2. The van der Waals surface area contributed by atoms with Gasteiger partial charge in [0.2, 0.25) is 0 Å². The lowest BCUT2D eigenvalue weighted by Gasteiger charge is -2.39. The van der Waals surface area contributed by atoms with Gasteiger partial charge in [-0.15, -0.1) is 0 Å². The van der Waals surface area contributed by atoms with Gasteiger partial charge in [-0.05, 0) is 85.0 Å². The first-order chi connectivity index (χ1) is 18.3. The fourth-order valence-electron chi connectivity index (χ4n) is 4.66. The monoisotopic (exact) mass is 540 g/mol. The molecule has 0 aliphatic heterocycles. The molecule has 0 amide bonds. The summed E-state index contributed by atoms with van der Waals surface area (Å²) in [6, 6.07) is 12.3. The summed E-state index contributed by atoms with van der Waals surface area (Å²) in [6.45, 7) is 0.349. The van der Waals surface area contributed by atoms with Gasteiger partial charge in [0.25, 0.3) is 0 Å². The Hall–Kier alpha value is -3.76. The molecule has 5 nitrogen and oxygen atoms in total. The third-order valence-electron chi connectivity index (χ3n) is 6.46. The van der Waals surface area contributed by atoms with E-state index in [1.807, 2.05) is 0 Å². The molecule has 0 spiro atoms. The van der Waals surface area contributed by atoms with Crippen molar-refractivity contribution in [3.8, 4) is 0 Å². The molecule has 1 unspecified atom stereocenters. The molecule has 1 aromatic heterocycles. The normalized spacial score (nSPS) is 17.2. The number of anilines is 1. The van der Waals surface area contributed by atoms with E-state index in [-0.39, 0.29) is 24.1 Å². The maximum Gasteiger partial charge on any atom is 0.194 e.